The van der Waals surface area contributed by atoms with Gasteiger partial charge in [-0.1, -0.05) is 60.3 Å². The van der Waals surface area contributed by atoms with Crippen molar-refractivity contribution in [1.82, 2.24) is 9.80 Å². The molecule has 0 spiro atoms. The number of thioether (sulfide) groups is 1. The van der Waals surface area contributed by atoms with Gasteiger partial charge in [0, 0.05) is 24.4 Å². The third-order valence-corrected chi connectivity index (χ3v) is 8.48. The third-order valence-electron chi connectivity index (χ3n) is 7.59. The Labute approximate surface area is 250 Å². The molecular weight excluding hydrogens is 554 g/mol. The van der Waals surface area contributed by atoms with Crippen molar-refractivity contribution in [3.8, 4) is 5.75 Å². The number of aliphatic imine (C=N–C) groups is 1. The number of amidine groups is 1. The number of amides is 1. The van der Waals surface area contributed by atoms with Crippen LogP contribution in [-0.2, 0) is 30.5 Å². The zero-order valence-corrected chi connectivity index (χ0v) is 24.9. The highest BCUT2D eigenvalue weighted by Gasteiger charge is 2.43. The Morgan fingerprint density at radius 3 is 2.57 bits per heavy atom. The smallest absolute Gasteiger partial charge is 0.338 e. The first-order chi connectivity index (χ1) is 20.4. The van der Waals surface area contributed by atoms with Gasteiger partial charge in [-0.2, -0.15) is 0 Å². The number of fused-ring (bicyclic) bond motifs is 1. The molecule has 2 aromatic rings. The van der Waals surface area contributed by atoms with E-state index in [4.69, 9.17) is 19.2 Å². The molecule has 0 aromatic heterocycles. The summed E-state index contributed by atoms with van der Waals surface area (Å²) in [5.74, 6) is -0.534. The molecule has 0 N–H and O–H groups in total. The van der Waals surface area contributed by atoms with Crippen molar-refractivity contribution in [1.29, 1.82) is 0 Å². The maximum absolute atomic E-state index is 13.7. The molecule has 3 aliphatic heterocycles. The Kier molecular flexibility index (Phi) is 9.31. The third kappa shape index (κ3) is 6.23. The van der Waals surface area contributed by atoms with E-state index in [1.807, 2.05) is 64.9 Å². The predicted octanol–water partition coefficient (Wildman–Crippen LogP) is 5.21. The molecule has 2 atom stereocenters. The second kappa shape index (κ2) is 13.3. The van der Waals surface area contributed by atoms with E-state index in [1.54, 1.807) is 25.9 Å². The lowest BCUT2D eigenvalue weighted by molar-refractivity contribution is -0.151. The number of carbonyl (C=O) groups excluding carboxylic acids is 3. The minimum atomic E-state index is -0.611. The summed E-state index contributed by atoms with van der Waals surface area (Å²) in [4.78, 5) is 48.1. The minimum absolute atomic E-state index is 0.0876. The number of carbonyl (C=O) groups is 3. The van der Waals surface area contributed by atoms with E-state index in [1.165, 1.54) is 11.8 Å². The standard InChI is InChI=1S/C32H35N3O6S/c1-4-40-30(37)23-13-10-16-34(18-23)27(36)17-24-20-42-32-33-21(2)28(31(38)41-19-22-11-6-5-7-12-22)29(35(24)32)25-14-8-9-15-26(25)39-3/h5-9,11-12,14-15,20,23,29H,4,10,13,16-19H2,1-3H3. The van der Waals surface area contributed by atoms with Crippen molar-refractivity contribution >= 4 is 34.8 Å². The maximum atomic E-state index is 13.7. The van der Waals surface area contributed by atoms with Gasteiger partial charge >= 0.3 is 11.9 Å². The first-order valence-electron chi connectivity index (χ1n) is 14.1. The van der Waals surface area contributed by atoms with Gasteiger partial charge in [-0.15, -0.1) is 0 Å². The van der Waals surface area contributed by atoms with E-state index >= 15 is 0 Å². The second-order valence-electron chi connectivity index (χ2n) is 10.3. The number of allylic oxidation sites excluding steroid dienone is 1. The molecule has 0 radical (unpaired) electrons. The Hall–Kier alpha value is -4.05. The number of benzene rings is 2. The van der Waals surface area contributed by atoms with Gasteiger partial charge in [0.25, 0.3) is 0 Å². The van der Waals surface area contributed by atoms with Crippen molar-refractivity contribution in [3.05, 3.63) is 88.1 Å². The molecule has 10 heteroatoms. The monoisotopic (exact) mass is 589 g/mol. The van der Waals surface area contributed by atoms with Crippen LogP contribution in [0.4, 0.5) is 0 Å². The summed E-state index contributed by atoms with van der Waals surface area (Å²) in [5.41, 5.74) is 3.30. The van der Waals surface area contributed by atoms with E-state index < -0.39 is 12.0 Å². The van der Waals surface area contributed by atoms with Gasteiger partial charge in [-0.05, 0) is 43.7 Å². The van der Waals surface area contributed by atoms with Crippen LogP contribution in [0.15, 0.2) is 82.0 Å². The summed E-state index contributed by atoms with van der Waals surface area (Å²) in [7, 11) is 1.59. The number of ether oxygens (including phenoxy) is 3. The molecule has 9 nitrogen and oxygen atoms in total. The van der Waals surface area contributed by atoms with Gasteiger partial charge in [-0.25, -0.2) is 9.79 Å². The Morgan fingerprint density at radius 2 is 1.81 bits per heavy atom. The largest absolute Gasteiger partial charge is 0.496 e. The van der Waals surface area contributed by atoms with E-state index in [0.717, 1.165) is 23.2 Å². The summed E-state index contributed by atoms with van der Waals surface area (Å²) in [6.07, 6.45) is 1.54. The van der Waals surface area contributed by atoms with Crippen molar-refractivity contribution in [2.24, 2.45) is 10.9 Å². The van der Waals surface area contributed by atoms with Crippen LogP contribution in [0.5, 0.6) is 5.75 Å². The molecule has 220 valence electrons. The molecule has 1 saturated heterocycles. The van der Waals surface area contributed by atoms with E-state index in [9.17, 15) is 14.4 Å². The zero-order chi connectivity index (χ0) is 29.6. The summed E-state index contributed by atoms with van der Waals surface area (Å²) in [5, 5.41) is 2.59. The fourth-order valence-corrected chi connectivity index (χ4v) is 6.51. The highest BCUT2D eigenvalue weighted by atomic mass is 32.2. The number of hydrogen-bond acceptors (Lipinski definition) is 9. The molecule has 1 fully saturated rings. The molecule has 5 rings (SSSR count). The van der Waals surface area contributed by atoms with Crippen LogP contribution in [0.2, 0.25) is 0 Å². The molecule has 0 saturated carbocycles. The molecular formula is C32H35N3O6S. The first kappa shape index (κ1) is 29.4. The van der Waals surface area contributed by atoms with Crippen LogP contribution in [0.3, 0.4) is 0 Å². The van der Waals surface area contributed by atoms with Crippen molar-refractivity contribution in [2.75, 3.05) is 26.8 Å². The van der Waals surface area contributed by atoms with Crippen LogP contribution in [0, 0.1) is 5.92 Å². The number of methoxy groups -OCH3 is 1. The van der Waals surface area contributed by atoms with Gasteiger partial charge < -0.3 is 24.0 Å². The van der Waals surface area contributed by atoms with Gasteiger partial charge in [0.2, 0.25) is 5.91 Å². The Bertz CT molecular complexity index is 1440. The van der Waals surface area contributed by atoms with Gasteiger partial charge in [0.05, 0.1) is 43.4 Å². The summed E-state index contributed by atoms with van der Waals surface area (Å²) in [6, 6.07) is 16.4. The van der Waals surface area contributed by atoms with Crippen molar-refractivity contribution in [2.45, 2.75) is 45.8 Å². The van der Waals surface area contributed by atoms with Crippen LogP contribution in [0.25, 0.3) is 0 Å². The van der Waals surface area contributed by atoms with E-state index in [2.05, 4.69) is 0 Å². The van der Waals surface area contributed by atoms with E-state index in [-0.39, 0.29) is 30.8 Å². The molecule has 3 heterocycles. The molecule has 2 aromatic carbocycles. The minimum Gasteiger partial charge on any atom is -0.496 e. The average molecular weight is 590 g/mol. The predicted molar refractivity (Wildman–Crippen MR) is 160 cm³/mol. The number of nitrogens with zero attached hydrogens (tertiary/aromatic N) is 3. The van der Waals surface area contributed by atoms with Crippen molar-refractivity contribution in [3.63, 3.8) is 0 Å². The maximum Gasteiger partial charge on any atom is 0.338 e. The molecule has 1 amide bonds. The molecule has 0 aliphatic carbocycles. The Balaban J connectivity index is 1.42. The number of rotatable bonds is 9. The number of likely N-dealkylation sites (tertiary alicyclic amines) is 1. The summed E-state index contributed by atoms with van der Waals surface area (Å²) >= 11 is 1.42. The fraction of sp³-hybridized carbons (Fsp3) is 0.375. The Morgan fingerprint density at radius 1 is 1.05 bits per heavy atom. The number of esters is 2. The summed E-state index contributed by atoms with van der Waals surface area (Å²) < 4.78 is 16.7. The van der Waals surface area contributed by atoms with Crippen LogP contribution < -0.4 is 4.74 Å². The second-order valence-corrected chi connectivity index (χ2v) is 11.1. The van der Waals surface area contributed by atoms with Crippen LogP contribution >= 0.6 is 11.8 Å². The van der Waals surface area contributed by atoms with Gasteiger partial charge in [-0.3, -0.25) is 9.59 Å². The zero-order valence-electron chi connectivity index (χ0n) is 24.1. The average Bonchev–Trinajstić information content (AvgIpc) is 3.41. The molecule has 42 heavy (non-hydrogen) atoms. The molecule has 0 bridgehead atoms. The lowest BCUT2D eigenvalue weighted by Crippen LogP contribution is -2.44. The normalized spacial score (nSPS) is 20.0. The number of para-hydroxylation sites is 1. The first-order valence-corrected chi connectivity index (χ1v) is 15.0. The number of piperidine rings is 1. The van der Waals surface area contributed by atoms with Gasteiger partial charge in [0.15, 0.2) is 5.17 Å². The van der Waals surface area contributed by atoms with E-state index in [0.29, 0.717) is 48.3 Å². The lowest BCUT2D eigenvalue weighted by Gasteiger charge is -2.37. The number of hydrogen-bond donors (Lipinski definition) is 0. The van der Waals surface area contributed by atoms with Crippen molar-refractivity contribution < 1.29 is 28.6 Å². The summed E-state index contributed by atoms with van der Waals surface area (Å²) in [6.45, 7) is 4.95. The topological polar surface area (TPSA) is 97.7 Å². The van der Waals surface area contributed by atoms with Gasteiger partial charge in [0.1, 0.15) is 12.4 Å². The highest BCUT2D eigenvalue weighted by Crippen LogP contribution is 2.47. The highest BCUT2D eigenvalue weighted by molar-refractivity contribution is 8.16. The molecule has 3 aliphatic rings. The fourth-order valence-electron chi connectivity index (χ4n) is 5.54. The lowest BCUT2D eigenvalue weighted by atomic mass is 9.93. The SMILES string of the molecule is CCOC(=O)C1CCCN(C(=O)CC2=CSC3=NC(C)=C(C(=O)OCc4ccccc4)C(c4ccccc4OC)N23)C1. The quantitative estimate of drug-likeness (QED) is 0.368. The van der Waals surface area contributed by atoms with Crippen LogP contribution in [0.1, 0.15) is 50.3 Å². The van der Waals surface area contributed by atoms with Crippen LogP contribution in [-0.4, -0.2) is 59.6 Å². The molecule has 2 unspecified atom stereocenters.